The molecule has 0 atom stereocenters. The summed E-state index contributed by atoms with van der Waals surface area (Å²) < 4.78 is 35.4. The van der Waals surface area contributed by atoms with Crippen LogP contribution in [-0.2, 0) is 10.4 Å². The van der Waals surface area contributed by atoms with Gasteiger partial charge in [-0.15, -0.1) is 0 Å². The highest BCUT2D eigenvalue weighted by molar-refractivity contribution is 7.79. The van der Waals surface area contributed by atoms with Crippen LogP contribution in [-0.4, -0.2) is 48.2 Å². The van der Waals surface area contributed by atoms with E-state index in [0.29, 0.717) is 0 Å². The number of nitrogens with zero attached hydrogens (tertiary/aromatic N) is 1. The van der Waals surface area contributed by atoms with Gasteiger partial charge in [-0.05, 0) is 0 Å². The largest absolute Gasteiger partial charge is 1.00 e. The molecule has 0 heterocycles. The van der Waals surface area contributed by atoms with E-state index in [9.17, 15) is 0 Å². The summed E-state index contributed by atoms with van der Waals surface area (Å²) in [6, 6.07) is 0. The molecule has 0 aromatic carbocycles. The molecule has 136 valence electrons. The second-order valence-electron chi connectivity index (χ2n) is 8.06. The van der Waals surface area contributed by atoms with E-state index in [-0.39, 0.29) is 1.43 Å². The van der Waals surface area contributed by atoms with E-state index in [1.54, 1.807) is 0 Å². The summed E-state index contributed by atoms with van der Waals surface area (Å²) in [4.78, 5) is 0. The van der Waals surface area contributed by atoms with Crippen LogP contribution in [0.4, 0.5) is 0 Å². The summed E-state index contributed by atoms with van der Waals surface area (Å²) in [5, 5.41) is 0. The van der Waals surface area contributed by atoms with E-state index in [2.05, 4.69) is 55.4 Å². The topological polar surface area (TPSA) is 80.3 Å². The molecule has 5 nitrogen and oxygen atoms in total. The molecule has 0 aliphatic rings. The van der Waals surface area contributed by atoms with Gasteiger partial charge in [0.15, 0.2) is 0 Å². The van der Waals surface area contributed by atoms with Crippen LogP contribution in [0.25, 0.3) is 0 Å². The van der Waals surface area contributed by atoms with Crippen molar-refractivity contribution in [1.82, 2.24) is 0 Å². The Hall–Kier alpha value is -0.170. The van der Waals surface area contributed by atoms with E-state index in [4.69, 9.17) is 17.5 Å². The Morgan fingerprint density at radius 3 is 0.909 bits per heavy atom. The van der Waals surface area contributed by atoms with Crippen molar-refractivity contribution in [2.75, 3.05) is 26.2 Å². The average Bonchev–Trinajstić information content (AvgIpc) is 2.06. The van der Waals surface area contributed by atoms with Crippen LogP contribution in [0.5, 0.6) is 0 Å². The molecule has 22 heavy (non-hydrogen) atoms. The third kappa shape index (κ3) is 17.9. The highest BCUT2D eigenvalue weighted by atomic mass is 32.3. The van der Waals surface area contributed by atoms with Crippen molar-refractivity contribution in [2.24, 2.45) is 23.7 Å². The van der Waals surface area contributed by atoms with Gasteiger partial charge >= 0.3 is 1.43 Å². The molecule has 0 rings (SSSR count). The maximum Gasteiger partial charge on any atom is 1.00 e. The Bertz CT molecular complexity index is 328. The van der Waals surface area contributed by atoms with Gasteiger partial charge in [0.1, 0.15) is 0 Å². The third-order valence-electron chi connectivity index (χ3n) is 3.01. The number of hydrogen-bond acceptors (Lipinski definition) is 4. The maximum atomic E-state index is 8.52. The fourth-order valence-electron chi connectivity index (χ4n) is 3.55. The highest BCUT2D eigenvalue weighted by Crippen LogP contribution is 2.21. The van der Waals surface area contributed by atoms with Gasteiger partial charge in [-0.3, -0.25) is 8.42 Å². The van der Waals surface area contributed by atoms with Crippen LogP contribution in [0.3, 0.4) is 0 Å². The summed E-state index contributed by atoms with van der Waals surface area (Å²) in [6.45, 7) is 24.3. The molecule has 0 spiro atoms. The summed E-state index contributed by atoms with van der Waals surface area (Å²) in [5.41, 5.74) is 0. The van der Waals surface area contributed by atoms with Crippen LogP contribution < -0.4 is 0 Å². The van der Waals surface area contributed by atoms with Crippen molar-refractivity contribution in [2.45, 2.75) is 55.4 Å². The predicted octanol–water partition coefficient (Wildman–Crippen LogP) is 3.20. The van der Waals surface area contributed by atoms with Crippen molar-refractivity contribution in [3.63, 3.8) is 0 Å². The van der Waals surface area contributed by atoms with Gasteiger partial charge in [-0.25, -0.2) is 0 Å². The first-order chi connectivity index (χ1) is 9.67. The molecule has 0 aromatic heterocycles. The van der Waals surface area contributed by atoms with Crippen LogP contribution in [0.15, 0.2) is 0 Å². The van der Waals surface area contributed by atoms with E-state index in [0.717, 1.165) is 23.7 Å². The lowest BCUT2D eigenvalue weighted by Gasteiger charge is -2.44. The van der Waals surface area contributed by atoms with Gasteiger partial charge in [-0.2, -0.15) is 0 Å². The predicted molar refractivity (Wildman–Crippen MR) is 90.7 cm³/mol. The normalized spacial score (nSPS) is 13.0. The van der Waals surface area contributed by atoms with E-state index in [1.165, 1.54) is 30.7 Å². The fraction of sp³-hybridized carbons (Fsp3) is 1.00. The molecule has 0 radical (unpaired) electrons. The molecule has 0 aliphatic heterocycles. The van der Waals surface area contributed by atoms with Gasteiger partial charge in [0.05, 0.1) is 26.2 Å². The Balaban J connectivity index is -0.000000578. The maximum absolute atomic E-state index is 8.52. The van der Waals surface area contributed by atoms with Gasteiger partial charge in [0, 0.05) is 34.1 Å². The SMILES string of the molecule is CC(C)C[N+](CC(C)C)(CC(C)C)CC(C)C.O=S(=O)([O-])[O-].[H+]. The van der Waals surface area contributed by atoms with Gasteiger partial charge in [0.2, 0.25) is 0 Å². The molecule has 6 heteroatoms. The molecule has 0 amide bonds. The lowest BCUT2D eigenvalue weighted by Crippen LogP contribution is -2.56. The van der Waals surface area contributed by atoms with Crippen molar-refractivity contribution < 1.29 is 23.4 Å². The molecule has 0 unspecified atom stereocenters. The Labute approximate surface area is 139 Å². The first-order valence-electron chi connectivity index (χ1n) is 8.18. The van der Waals surface area contributed by atoms with Crippen molar-refractivity contribution >= 4 is 10.4 Å². The lowest BCUT2D eigenvalue weighted by molar-refractivity contribution is -0.938. The highest BCUT2D eigenvalue weighted by Gasteiger charge is 2.31. The summed E-state index contributed by atoms with van der Waals surface area (Å²) in [5.74, 6) is 3.19. The quantitative estimate of drug-likeness (QED) is 0.386. The minimum absolute atomic E-state index is 0. The summed E-state index contributed by atoms with van der Waals surface area (Å²) in [7, 11) is -5.17. The van der Waals surface area contributed by atoms with Crippen molar-refractivity contribution in [3.05, 3.63) is 0 Å². The smallest absolute Gasteiger partial charge is 0.759 e. The molecule has 0 fully saturated rings. The second kappa shape index (κ2) is 10.6. The third-order valence-corrected chi connectivity index (χ3v) is 3.01. The van der Waals surface area contributed by atoms with Crippen molar-refractivity contribution in [1.29, 1.82) is 0 Å². The van der Waals surface area contributed by atoms with Crippen LogP contribution in [0, 0.1) is 23.7 Å². The molecule has 0 aromatic rings. The van der Waals surface area contributed by atoms with Gasteiger partial charge < -0.3 is 13.6 Å². The first kappa shape index (κ1) is 24.1. The lowest BCUT2D eigenvalue weighted by atomic mass is 10.0. The zero-order valence-corrected chi connectivity index (χ0v) is 16.4. The molecular formula is C16H37NO4S. The fourth-order valence-corrected chi connectivity index (χ4v) is 3.55. The molecule has 0 saturated heterocycles. The molecule has 0 bridgehead atoms. The first-order valence-corrected chi connectivity index (χ1v) is 9.52. The Kier molecular flexibility index (Phi) is 11.6. The van der Waals surface area contributed by atoms with Crippen molar-refractivity contribution in [3.8, 4) is 0 Å². The molecule has 0 N–H and O–H groups in total. The van der Waals surface area contributed by atoms with Gasteiger partial charge in [-0.1, -0.05) is 55.4 Å². The number of hydrogen-bond donors (Lipinski definition) is 0. The van der Waals surface area contributed by atoms with Gasteiger partial charge in [0.25, 0.3) is 0 Å². The van der Waals surface area contributed by atoms with Crippen LogP contribution in [0.1, 0.15) is 56.8 Å². The minimum Gasteiger partial charge on any atom is -0.759 e. The minimum atomic E-state index is -5.17. The Morgan fingerprint density at radius 1 is 0.682 bits per heavy atom. The van der Waals surface area contributed by atoms with Crippen LogP contribution in [0.2, 0.25) is 0 Å². The number of quaternary nitrogens is 1. The van der Waals surface area contributed by atoms with Crippen LogP contribution >= 0.6 is 0 Å². The summed E-state index contributed by atoms with van der Waals surface area (Å²) >= 11 is 0. The zero-order chi connectivity index (χ0) is 18.1. The van der Waals surface area contributed by atoms with E-state index < -0.39 is 10.4 Å². The Morgan fingerprint density at radius 2 is 0.818 bits per heavy atom. The molecule has 0 saturated carbocycles. The standard InChI is InChI=1S/C16H36N.H2O4S/c1-13(2)9-17(10-14(3)4,11-15(5)6)12-16(7)8;1-5(2,3)4/h13-16H,9-12H2,1-8H3;(H2,1,2,3,4)/q+1;/p-1. The molecule has 0 aliphatic carbocycles. The van der Waals surface area contributed by atoms with E-state index in [1.807, 2.05) is 0 Å². The zero-order valence-electron chi connectivity index (χ0n) is 16.6. The second-order valence-corrected chi connectivity index (χ2v) is 8.87. The van der Waals surface area contributed by atoms with E-state index >= 15 is 0 Å². The number of rotatable bonds is 8. The monoisotopic (exact) mass is 339 g/mol. The molecular weight excluding hydrogens is 302 g/mol. The summed E-state index contributed by atoms with van der Waals surface area (Å²) in [6.07, 6.45) is 0. The average molecular weight is 340 g/mol.